The minimum atomic E-state index is -0.482. The Balaban J connectivity index is 1.65. The quantitative estimate of drug-likeness (QED) is 0.748. The first-order valence-corrected chi connectivity index (χ1v) is 6.85. The third-order valence-electron chi connectivity index (χ3n) is 3.42. The lowest BCUT2D eigenvalue weighted by atomic mass is 10.1. The minimum absolute atomic E-state index is 0.482. The van der Waals surface area contributed by atoms with Crippen LogP contribution in [0.4, 0.5) is 5.82 Å². The van der Waals surface area contributed by atoms with Gasteiger partial charge in [0.15, 0.2) is 5.65 Å². The Morgan fingerprint density at radius 1 is 1.24 bits per heavy atom. The average Bonchev–Trinajstić information content (AvgIpc) is 2.91. The monoisotopic (exact) mass is 283 g/mol. The lowest BCUT2D eigenvalue weighted by Crippen LogP contribution is -2.09. The van der Waals surface area contributed by atoms with Gasteiger partial charge in [0, 0.05) is 13.6 Å². The van der Waals surface area contributed by atoms with Crippen molar-refractivity contribution in [1.29, 1.82) is 0 Å². The van der Waals surface area contributed by atoms with Crippen LogP contribution in [0.25, 0.3) is 11.0 Å². The molecule has 0 saturated carbocycles. The first-order chi connectivity index (χ1) is 10.3. The molecule has 0 radical (unpaired) electrons. The van der Waals surface area contributed by atoms with Crippen LogP contribution in [-0.2, 0) is 7.05 Å². The summed E-state index contributed by atoms with van der Waals surface area (Å²) in [7, 11) is 1.85. The summed E-state index contributed by atoms with van der Waals surface area (Å²) in [6, 6.07) is 9.64. The lowest BCUT2D eigenvalue weighted by molar-refractivity contribution is 0.171. The summed E-state index contributed by atoms with van der Waals surface area (Å²) in [4.78, 5) is 8.42. The van der Waals surface area contributed by atoms with Crippen LogP contribution in [0.15, 0.2) is 42.9 Å². The summed E-state index contributed by atoms with van der Waals surface area (Å²) >= 11 is 0. The van der Waals surface area contributed by atoms with Gasteiger partial charge in [-0.25, -0.2) is 9.97 Å². The van der Waals surface area contributed by atoms with Gasteiger partial charge in [-0.05, 0) is 12.0 Å². The summed E-state index contributed by atoms with van der Waals surface area (Å²) < 4.78 is 1.71. The highest BCUT2D eigenvalue weighted by atomic mass is 16.3. The highest BCUT2D eigenvalue weighted by molar-refractivity contribution is 5.85. The summed E-state index contributed by atoms with van der Waals surface area (Å²) in [6.07, 6.45) is 3.38. The van der Waals surface area contributed by atoms with E-state index in [1.165, 1.54) is 6.33 Å². The third-order valence-corrected chi connectivity index (χ3v) is 3.42. The van der Waals surface area contributed by atoms with Crippen molar-refractivity contribution in [2.45, 2.75) is 12.5 Å². The molecule has 1 atom stereocenters. The number of nitrogens with one attached hydrogen (secondary N) is 1. The Kier molecular flexibility index (Phi) is 3.79. The van der Waals surface area contributed by atoms with E-state index in [0.717, 1.165) is 22.4 Å². The Morgan fingerprint density at radius 3 is 2.86 bits per heavy atom. The van der Waals surface area contributed by atoms with Gasteiger partial charge in [-0.3, -0.25) is 4.68 Å². The van der Waals surface area contributed by atoms with Crippen LogP contribution in [0.3, 0.4) is 0 Å². The summed E-state index contributed by atoms with van der Waals surface area (Å²) in [5, 5.41) is 18.4. The number of fused-ring (bicyclic) bond motifs is 1. The van der Waals surface area contributed by atoms with E-state index in [4.69, 9.17) is 0 Å². The maximum Gasteiger partial charge on any atom is 0.163 e. The molecule has 6 heteroatoms. The van der Waals surface area contributed by atoms with E-state index in [0.29, 0.717) is 13.0 Å². The number of benzene rings is 1. The van der Waals surface area contributed by atoms with Gasteiger partial charge in [0.05, 0.1) is 17.7 Å². The smallest absolute Gasteiger partial charge is 0.163 e. The van der Waals surface area contributed by atoms with E-state index in [9.17, 15) is 5.11 Å². The number of aryl methyl sites for hydroxylation is 1. The van der Waals surface area contributed by atoms with Crippen molar-refractivity contribution in [3.05, 3.63) is 48.4 Å². The molecule has 2 N–H and O–H groups in total. The Hall–Kier alpha value is -2.47. The van der Waals surface area contributed by atoms with E-state index in [2.05, 4.69) is 20.4 Å². The number of aromatic nitrogens is 4. The van der Waals surface area contributed by atoms with Crippen LogP contribution >= 0.6 is 0 Å². The molecule has 108 valence electrons. The number of hydrogen-bond donors (Lipinski definition) is 2. The highest BCUT2D eigenvalue weighted by Gasteiger charge is 2.09. The van der Waals surface area contributed by atoms with Crippen LogP contribution in [0, 0.1) is 0 Å². The van der Waals surface area contributed by atoms with E-state index in [1.54, 1.807) is 10.9 Å². The number of rotatable bonds is 5. The zero-order valence-electron chi connectivity index (χ0n) is 11.8. The fourth-order valence-electron chi connectivity index (χ4n) is 2.27. The number of hydrogen-bond acceptors (Lipinski definition) is 5. The van der Waals surface area contributed by atoms with Crippen LogP contribution in [0.2, 0.25) is 0 Å². The summed E-state index contributed by atoms with van der Waals surface area (Å²) in [5.74, 6) is 0.744. The average molecular weight is 283 g/mol. The second-order valence-corrected chi connectivity index (χ2v) is 4.87. The van der Waals surface area contributed by atoms with E-state index >= 15 is 0 Å². The molecule has 0 aliphatic carbocycles. The van der Waals surface area contributed by atoms with Gasteiger partial charge in [-0.15, -0.1) is 0 Å². The predicted octanol–water partition coefficient (Wildman–Crippen LogP) is 1.90. The van der Waals surface area contributed by atoms with E-state index in [1.807, 2.05) is 37.4 Å². The minimum Gasteiger partial charge on any atom is -0.388 e. The van der Waals surface area contributed by atoms with Gasteiger partial charge in [-0.1, -0.05) is 30.3 Å². The number of aliphatic hydroxyl groups excluding tert-OH is 1. The van der Waals surface area contributed by atoms with Gasteiger partial charge >= 0.3 is 0 Å². The molecule has 0 spiro atoms. The summed E-state index contributed by atoms with van der Waals surface area (Å²) in [5.41, 5.74) is 1.71. The molecule has 0 fully saturated rings. The first kappa shape index (κ1) is 13.5. The lowest BCUT2D eigenvalue weighted by Gasteiger charge is -2.12. The fraction of sp³-hybridized carbons (Fsp3) is 0.267. The molecular weight excluding hydrogens is 266 g/mol. The first-order valence-electron chi connectivity index (χ1n) is 6.85. The molecule has 1 unspecified atom stereocenters. The summed E-state index contributed by atoms with van der Waals surface area (Å²) in [6.45, 7) is 0.622. The van der Waals surface area contributed by atoms with Crippen molar-refractivity contribution < 1.29 is 5.11 Å². The molecule has 1 aromatic carbocycles. The molecule has 2 aromatic heterocycles. The largest absolute Gasteiger partial charge is 0.388 e. The van der Waals surface area contributed by atoms with Crippen LogP contribution in [-0.4, -0.2) is 31.4 Å². The number of aliphatic hydroxyl groups is 1. The van der Waals surface area contributed by atoms with Crippen LogP contribution in [0.1, 0.15) is 18.1 Å². The maximum atomic E-state index is 10.1. The SMILES string of the molecule is Cn1ncc2c(NCCC(O)c3ccccc3)ncnc21. The van der Waals surface area contributed by atoms with E-state index < -0.39 is 6.10 Å². The van der Waals surface area contributed by atoms with Gasteiger partial charge in [0.25, 0.3) is 0 Å². The standard InChI is InChI=1S/C15H17N5O/c1-20-15-12(9-19-20)14(17-10-18-15)16-8-7-13(21)11-5-3-2-4-6-11/h2-6,9-10,13,21H,7-8H2,1H3,(H,16,17,18). The second kappa shape index (κ2) is 5.88. The molecule has 6 nitrogen and oxygen atoms in total. The molecule has 0 bridgehead atoms. The fourth-order valence-corrected chi connectivity index (χ4v) is 2.27. The molecular formula is C15H17N5O. The van der Waals surface area contributed by atoms with E-state index in [-0.39, 0.29) is 0 Å². The zero-order chi connectivity index (χ0) is 14.7. The van der Waals surface area contributed by atoms with Crippen molar-refractivity contribution >= 4 is 16.9 Å². The maximum absolute atomic E-state index is 10.1. The molecule has 0 aliphatic rings. The highest BCUT2D eigenvalue weighted by Crippen LogP contribution is 2.19. The Labute approximate surface area is 122 Å². The van der Waals surface area contributed by atoms with Crippen molar-refractivity contribution in [3.8, 4) is 0 Å². The van der Waals surface area contributed by atoms with Crippen molar-refractivity contribution in [2.24, 2.45) is 7.05 Å². The Morgan fingerprint density at radius 2 is 2.05 bits per heavy atom. The molecule has 21 heavy (non-hydrogen) atoms. The molecule has 3 aromatic rings. The molecule has 3 rings (SSSR count). The predicted molar refractivity (Wildman–Crippen MR) is 80.8 cm³/mol. The molecule has 2 heterocycles. The Bertz CT molecular complexity index is 725. The number of nitrogens with zero attached hydrogens (tertiary/aromatic N) is 4. The van der Waals surface area contributed by atoms with Crippen LogP contribution < -0.4 is 5.32 Å². The zero-order valence-corrected chi connectivity index (χ0v) is 11.8. The third kappa shape index (κ3) is 2.85. The molecule has 0 aliphatic heterocycles. The van der Waals surface area contributed by atoms with Crippen molar-refractivity contribution in [2.75, 3.05) is 11.9 Å². The van der Waals surface area contributed by atoms with Gasteiger partial charge in [0.2, 0.25) is 0 Å². The topological polar surface area (TPSA) is 75.9 Å². The molecule has 0 saturated heterocycles. The molecule has 0 amide bonds. The van der Waals surface area contributed by atoms with Gasteiger partial charge < -0.3 is 10.4 Å². The van der Waals surface area contributed by atoms with Gasteiger partial charge in [0.1, 0.15) is 12.1 Å². The normalized spacial score (nSPS) is 12.5. The van der Waals surface area contributed by atoms with Gasteiger partial charge in [-0.2, -0.15) is 5.10 Å². The van der Waals surface area contributed by atoms with Crippen LogP contribution in [0.5, 0.6) is 0 Å². The number of anilines is 1. The second-order valence-electron chi connectivity index (χ2n) is 4.87. The van der Waals surface area contributed by atoms with Crippen molar-refractivity contribution in [3.63, 3.8) is 0 Å². The van der Waals surface area contributed by atoms with Crippen molar-refractivity contribution in [1.82, 2.24) is 19.7 Å².